The van der Waals surface area contributed by atoms with Gasteiger partial charge in [-0.1, -0.05) is 31.5 Å². The summed E-state index contributed by atoms with van der Waals surface area (Å²) in [4.78, 5) is 12.5. The first-order valence-corrected chi connectivity index (χ1v) is 7.96. The van der Waals surface area contributed by atoms with Gasteiger partial charge in [0.15, 0.2) is 0 Å². The Hall–Kier alpha value is -2.10. The molecule has 1 amide bonds. The Balaban J connectivity index is 2.54. The fourth-order valence-electron chi connectivity index (χ4n) is 2.57. The minimum Gasteiger partial charge on any atom is -0.350 e. The Kier molecular flexibility index (Phi) is 5.01. The number of amides is 1. The molecule has 118 valence electrons. The zero-order valence-electron chi connectivity index (χ0n) is 14.1. The van der Waals surface area contributed by atoms with E-state index in [1.807, 2.05) is 37.6 Å². The molecule has 4 heteroatoms. The average molecular weight is 299 g/mol. The van der Waals surface area contributed by atoms with Crippen molar-refractivity contribution in [3.8, 4) is 5.69 Å². The van der Waals surface area contributed by atoms with E-state index < -0.39 is 0 Å². The van der Waals surface area contributed by atoms with Crippen LogP contribution in [0.4, 0.5) is 0 Å². The molecule has 0 fully saturated rings. The topological polar surface area (TPSA) is 46.9 Å². The first-order chi connectivity index (χ1) is 10.5. The molecule has 0 saturated heterocycles. The quantitative estimate of drug-likeness (QED) is 0.919. The van der Waals surface area contributed by atoms with E-state index >= 15 is 0 Å². The third-order valence-electron chi connectivity index (χ3n) is 3.65. The summed E-state index contributed by atoms with van der Waals surface area (Å²) in [6.07, 6.45) is 1.51. The number of carbonyl (C=O) groups excluding carboxylic acids is 1. The summed E-state index contributed by atoms with van der Waals surface area (Å²) < 4.78 is 1.91. The fraction of sp³-hybridized carbons (Fsp3) is 0.444. The van der Waals surface area contributed by atoms with Crippen LogP contribution in [0.1, 0.15) is 55.0 Å². The van der Waals surface area contributed by atoms with Gasteiger partial charge in [0.1, 0.15) is 0 Å². The summed E-state index contributed by atoms with van der Waals surface area (Å²) in [5.74, 6) is -0.0259. The average Bonchev–Trinajstić information content (AvgIpc) is 2.86. The van der Waals surface area contributed by atoms with Gasteiger partial charge in [-0.15, -0.1) is 0 Å². The van der Waals surface area contributed by atoms with Crippen molar-refractivity contribution in [3.63, 3.8) is 0 Å². The normalized spacial score (nSPS) is 11.0. The molecule has 0 aliphatic rings. The van der Waals surface area contributed by atoms with Crippen molar-refractivity contribution in [3.05, 3.63) is 46.8 Å². The van der Waals surface area contributed by atoms with E-state index in [4.69, 9.17) is 0 Å². The molecule has 0 spiro atoms. The summed E-state index contributed by atoms with van der Waals surface area (Å²) >= 11 is 0. The second-order valence-electron chi connectivity index (χ2n) is 5.85. The number of aromatic nitrogens is 2. The Morgan fingerprint density at radius 3 is 2.32 bits per heavy atom. The van der Waals surface area contributed by atoms with Gasteiger partial charge in [0.25, 0.3) is 5.91 Å². The standard InChI is InChI=1S/C18H25N3O/c1-6-15-17(18(22)19-12(3)4)16(7-2)21(20-15)14-10-8-13(5)9-11-14/h8-12H,6-7H2,1-5H3,(H,19,22). The molecule has 22 heavy (non-hydrogen) atoms. The van der Waals surface area contributed by atoms with Gasteiger partial charge in [0.05, 0.1) is 22.6 Å². The lowest BCUT2D eigenvalue weighted by atomic mass is 10.1. The SMILES string of the molecule is CCc1nn(-c2ccc(C)cc2)c(CC)c1C(=O)NC(C)C. The van der Waals surface area contributed by atoms with E-state index in [0.717, 1.165) is 35.5 Å². The van der Waals surface area contributed by atoms with Gasteiger partial charge in [-0.2, -0.15) is 5.10 Å². The smallest absolute Gasteiger partial charge is 0.255 e. The Bertz CT molecular complexity index is 654. The highest BCUT2D eigenvalue weighted by Gasteiger charge is 2.22. The molecule has 0 atom stereocenters. The highest BCUT2D eigenvalue weighted by atomic mass is 16.1. The highest BCUT2D eigenvalue weighted by molar-refractivity contribution is 5.96. The molecule has 2 aromatic rings. The van der Waals surface area contributed by atoms with Crippen LogP contribution in [-0.2, 0) is 12.8 Å². The molecule has 0 aliphatic heterocycles. The summed E-state index contributed by atoms with van der Waals surface area (Å²) in [5.41, 5.74) is 4.77. The molecule has 0 bridgehead atoms. The van der Waals surface area contributed by atoms with Crippen molar-refractivity contribution in [2.24, 2.45) is 0 Å². The van der Waals surface area contributed by atoms with Crippen molar-refractivity contribution >= 4 is 5.91 Å². The lowest BCUT2D eigenvalue weighted by Gasteiger charge is -2.11. The molecule has 1 heterocycles. The molecule has 4 nitrogen and oxygen atoms in total. The molecule has 1 N–H and O–H groups in total. The Morgan fingerprint density at radius 1 is 1.18 bits per heavy atom. The number of hydrogen-bond acceptors (Lipinski definition) is 2. The van der Waals surface area contributed by atoms with Crippen molar-refractivity contribution in [1.29, 1.82) is 0 Å². The van der Waals surface area contributed by atoms with Crippen LogP contribution in [0.2, 0.25) is 0 Å². The molecule has 2 rings (SSSR count). The van der Waals surface area contributed by atoms with Crippen LogP contribution in [-0.4, -0.2) is 21.7 Å². The van der Waals surface area contributed by atoms with E-state index in [9.17, 15) is 4.79 Å². The predicted molar refractivity (Wildman–Crippen MR) is 89.7 cm³/mol. The molecule has 0 aliphatic carbocycles. The van der Waals surface area contributed by atoms with Crippen molar-refractivity contribution in [2.45, 2.75) is 53.5 Å². The van der Waals surface area contributed by atoms with Gasteiger partial charge in [-0.3, -0.25) is 4.79 Å². The monoisotopic (exact) mass is 299 g/mol. The van der Waals surface area contributed by atoms with Gasteiger partial charge in [-0.05, 0) is 45.7 Å². The second-order valence-corrected chi connectivity index (χ2v) is 5.85. The molecule has 0 radical (unpaired) electrons. The van der Waals surface area contributed by atoms with E-state index in [2.05, 4.69) is 36.4 Å². The van der Waals surface area contributed by atoms with Crippen molar-refractivity contribution in [1.82, 2.24) is 15.1 Å². The number of benzene rings is 1. The summed E-state index contributed by atoms with van der Waals surface area (Å²) in [6, 6.07) is 8.34. The van der Waals surface area contributed by atoms with Gasteiger partial charge >= 0.3 is 0 Å². The van der Waals surface area contributed by atoms with Crippen LogP contribution < -0.4 is 5.32 Å². The van der Waals surface area contributed by atoms with Gasteiger partial charge in [0, 0.05) is 6.04 Å². The minimum absolute atomic E-state index is 0.0259. The first kappa shape index (κ1) is 16.3. The summed E-state index contributed by atoms with van der Waals surface area (Å²) in [5, 5.41) is 7.67. The Morgan fingerprint density at radius 2 is 1.82 bits per heavy atom. The molecule has 1 aromatic carbocycles. The first-order valence-electron chi connectivity index (χ1n) is 7.96. The van der Waals surface area contributed by atoms with Crippen LogP contribution in [0, 0.1) is 6.92 Å². The van der Waals surface area contributed by atoms with Gasteiger partial charge in [0.2, 0.25) is 0 Å². The second kappa shape index (κ2) is 6.77. The third kappa shape index (κ3) is 3.21. The largest absolute Gasteiger partial charge is 0.350 e. The predicted octanol–water partition coefficient (Wildman–Crippen LogP) is 3.44. The number of nitrogens with zero attached hydrogens (tertiary/aromatic N) is 2. The maximum Gasteiger partial charge on any atom is 0.255 e. The van der Waals surface area contributed by atoms with Crippen LogP contribution >= 0.6 is 0 Å². The summed E-state index contributed by atoms with van der Waals surface area (Å²) in [7, 11) is 0. The maximum atomic E-state index is 12.5. The molecular weight excluding hydrogens is 274 g/mol. The maximum absolute atomic E-state index is 12.5. The van der Waals surface area contributed by atoms with Crippen molar-refractivity contribution in [2.75, 3.05) is 0 Å². The summed E-state index contributed by atoms with van der Waals surface area (Å²) in [6.45, 7) is 10.1. The van der Waals surface area contributed by atoms with E-state index in [1.54, 1.807) is 0 Å². The lowest BCUT2D eigenvalue weighted by Crippen LogP contribution is -2.31. The number of carbonyl (C=O) groups is 1. The molecular formula is C18H25N3O. The zero-order valence-corrected chi connectivity index (χ0v) is 14.1. The number of hydrogen-bond donors (Lipinski definition) is 1. The molecule has 0 unspecified atom stereocenters. The minimum atomic E-state index is -0.0259. The van der Waals surface area contributed by atoms with E-state index in [0.29, 0.717) is 0 Å². The number of aryl methyl sites for hydroxylation is 2. The number of nitrogens with one attached hydrogen (secondary N) is 1. The van der Waals surface area contributed by atoms with Crippen LogP contribution in [0.3, 0.4) is 0 Å². The van der Waals surface area contributed by atoms with Gasteiger partial charge in [-0.25, -0.2) is 4.68 Å². The van der Waals surface area contributed by atoms with Crippen LogP contribution in [0.5, 0.6) is 0 Å². The fourth-order valence-corrected chi connectivity index (χ4v) is 2.57. The molecule has 1 aromatic heterocycles. The van der Waals surface area contributed by atoms with E-state index in [1.165, 1.54) is 5.56 Å². The van der Waals surface area contributed by atoms with Crippen molar-refractivity contribution < 1.29 is 4.79 Å². The third-order valence-corrected chi connectivity index (χ3v) is 3.65. The molecule has 0 saturated carbocycles. The number of rotatable bonds is 5. The Labute approximate surface area is 132 Å². The van der Waals surface area contributed by atoms with E-state index in [-0.39, 0.29) is 11.9 Å². The van der Waals surface area contributed by atoms with Crippen LogP contribution in [0.15, 0.2) is 24.3 Å². The van der Waals surface area contributed by atoms with Gasteiger partial charge < -0.3 is 5.32 Å². The van der Waals surface area contributed by atoms with Crippen LogP contribution in [0.25, 0.3) is 5.69 Å². The zero-order chi connectivity index (χ0) is 16.3. The lowest BCUT2D eigenvalue weighted by molar-refractivity contribution is 0.0941. The highest BCUT2D eigenvalue weighted by Crippen LogP contribution is 2.21.